The Morgan fingerprint density at radius 1 is 1.26 bits per heavy atom. The molecule has 5 nitrogen and oxygen atoms in total. The van der Waals surface area contributed by atoms with Gasteiger partial charge < -0.3 is 10.6 Å². The number of likely N-dealkylation sites (N-methyl/N-ethyl adjacent to an activating group) is 1. The van der Waals surface area contributed by atoms with Crippen LogP contribution in [0.15, 0.2) is 0 Å². The quantitative estimate of drug-likeness (QED) is 0.774. The van der Waals surface area contributed by atoms with Crippen LogP contribution < -0.4 is 10.6 Å². The average Bonchev–Trinajstić information content (AvgIpc) is 2.79. The minimum absolute atomic E-state index is 0.0644. The number of hydrogen-bond acceptors (Lipinski definition) is 3. The van der Waals surface area contributed by atoms with Crippen molar-refractivity contribution in [3.63, 3.8) is 0 Å². The molecule has 2 amide bonds. The summed E-state index contributed by atoms with van der Waals surface area (Å²) < 4.78 is 0. The molecule has 0 radical (unpaired) electrons. The minimum atomic E-state index is -0.454. The van der Waals surface area contributed by atoms with E-state index in [9.17, 15) is 9.59 Å². The van der Waals surface area contributed by atoms with Gasteiger partial charge in [0.05, 0.1) is 6.54 Å². The summed E-state index contributed by atoms with van der Waals surface area (Å²) in [6.07, 6.45) is 2.34. The van der Waals surface area contributed by atoms with Gasteiger partial charge in [-0.15, -0.1) is 0 Å². The molecule has 0 aromatic heterocycles. The van der Waals surface area contributed by atoms with E-state index in [-0.39, 0.29) is 18.4 Å². The van der Waals surface area contributed by atoms with Crippen LogP contribution in [-0.4, -0.2) is 48.9 Å². The lowest BCUT2D eigenvalue weighted by atomic mass is 9.96. The molecule has 1 heterocycles. The van der Waals surface area contributed by atoms with E-state index in [0.29, 0.717) is 12.6 Å². The highest BCUT2D eigenvalue weighted by Gasteiger charge is 2.24. The Balaban J connectivity index is 2.23. The van der Waals surface area contributed by atoms with E-state index in [0.717, 1.165) is 19.5 Å². The molecule has 0 unspecified atom stereocenters. The summed E-state index contributed by atoms with van der Waals surface area (Å²) in [7, 11) is 0. The molecule has 0 bridgehead atoms. The predicted octanol–water partition coefficient (Wildman–Crippen LogP) is 0.749. The topological polar surface area (TPSA) is 61.4 Å². The minimum Gasteiger partial charge on any atom is -0.353 e. The van der Waals surface area contributed by atoms with Crippen LogP contribution in [0.2, 0.25) is 0 Å². The first-order valence-corrected chi connectivity index (χ1v) is 7.13. The van der Waals surface area contributed by atoms with Crippen molar-refractivity contribution >= 4 is 11.8 Å². The van der Waals surface area contributed by atoms with Gasteiger partial charge in [0.15, 0.2) is 0 Å². The van der Waals surface area contributed by atoms with Gasteiger partial charge in [-0.3, -0.25) is 14.5 Å². The lowest BCUT2D eigenvalue weighted by Gasteiger charge is -2.23. The van der Waals surface area contributed by atoms with Crippen molar-refractivity contribution in [3.05, 3.63) is 0 Å². The highest BCUT2D eigenvalue weighted by Crippen LogP contribution is 2.15. The van der Waals surface area contributed by atoms with Crippen molar-refractivity contribution in [3.8, 4) is 0 Å². The van der Waals surface area contributed by atoms with Crippen LogP contribution in [0.4, 0.5) is 0 Å². The van der Waals surface area contributed by atoms with Crippen molar-refractivity contribution in [2.45, 2.75) is 46.6 Å². The normalized spacial score (nSPS) is 20.3. The average molecular weight is 269 g/mol. The van der Waals surface area contributed by atoms with E-state index in [2.05, 4.69) is 22.5 Å². The molecule has 1 atom stereocenters. The van der Waals surface area contributed by atoms with Crippen molar-refractivity contribution in [1.29, 1.82) is 0 Å². The molecular formula is C14H27N3O2. The van der Waals surface area contributed by atoms with Crippen molar-refractivity contribution in [2.75, 3.05) is 26.2 Å². The molecule has 0 aromatic carbocycles. The molecule has 2 N–H and O–H groups in total. The Labute approximate surface area is 116 Å². The molecule has 5 heteroatoms. The molecule has 0 saturated carbocycles. The zero-order valence-electron chi connectivity index (χ0n) is 12.6. The Hall–Kier alpha value is -1.10. The molecule has 1 fully saturated rings. The summed E-state index contributed by atoms with van der Waals surface area (Å²) in [5.74, 6) is -0.209. The second-order valence-corrected chi connectivity index (χ2v) is 6.16. The molecular weight excluding hydrogens is 242 g/mol. The maximum Gasteiger partial charge on any atom is 0.239 e. The number of carbonyl (C=O) groups is 2. The van der Waals surface area contributed by atoms with Crippen LogP contribution in [0, 0.1) is 5.41 Å². The highest BCUT2D eigenvalue weighted by atomic mass is 16.2. The third-order valence-electron chi connectivity index (χ3n) is 3.53. The van der Waals surface area contributed by atoms with Gasteiger partial charge in [-0.25, -0.2) is 0 Å². The Kier molecular flexibility index (Phi) is 5.79. The molecule has 0 aromatic rings. The van der Waals surface area contributed by atoms with Gasteiger partial charge in [0.25, 0.3) is 0 Å². The third-order valence-corrected chi connectivity index (χ3v) is 3.53. The maximum atomic E-state index is 11.7. The van der Waals surface area contributed by atoms with E-state index in [1.807, 2.05) is 20.8 Å². The van der Waals surface area contributed by atoms with Crippen molar-refractivity contribution in [2.24, 2.45) is 5.41 Å². The first-order valence-electron chi connectivity index (χ1n) is 7.13. The number of amides is 2. The summed E-state index contributed by atoms with van der Waals surface area (Å²) >= 11 is 0. The summed E-state index contributed by atoms with van der Waals surface area (Å²) in [5, 5.41) is 5.56. The molecule has 1 aliphatic heterocycles. The van der Waals surface area contributed by atoms with E-state index < -0.39 is 5.41 Å². The lowest BCUT2D eigenvalue weighted by molar-refractivity contribution is -0.131. The molecule has 1 rings (SSSR count). The van der Waals surface area contributed by atoms with E-state index in [1.165, 1.54) is 6.42 Å². The number of rotatable bonds is 5. The van der Waals surface area contributed by atoms with E-state index in [1.54, 1.807) is 0 Å². The van der Waals surface area contributed by atoms with Gasteiger partial charge in [0.1, 0.15) is 0 Å². The monoisotopic (exact) mass is 269 g/mol. The van der Waals surface area contributed by atoms with Crippen LogP contribution >= 0.6 is 0 Å². The molecule has 1 aliphatic rings. The maximum absolute atomic E-state index is 11.7. The Bertz CT molecular complexity index is 323. The largest absolute Gasteiger partial charge is 0.353 e. The van der Waals surface area contributed by atoms with Crippen molar-refractivity contribution in [1.82, 2.24) is 15.5 Å². The van der Waals surface area contributed by atoms with Crippen LogP contribution in [-0.2, 0) is 9.59 Å². The fraction of sp³-hybridized carbons (Fsp3) is 0.857. The second-order valence-electron chi connectivity index (χ2n) is 6.16. The first-order chi connectivity index (χ1) is 8.84. The lowest BCUT2D eigenvalue weighted by Crippen LogP contribution is -2.45. The molecule has 0 aliphatic carbocycles. The smallest absolute Gasteiger partial charge is 0.239 e. The standard InChI is InChI=1S/C14H27N3O2/c1-5-17-8-6-7-11(17)9-15-12(18)10-16-13(19)14(2,3)4/h11H,5-10H2,1-4H3,(H,15,18)(H,16,19)/t11-/m1/s1. The van der Waals surface area contributed by atoms with Crippen molar-refractivity contribution < 1.29 is 9.59 Å². The number of nitrogens with one attached hydrogen (secondary N) is 2. The Morgan fingerprint density at radius 2 is 1.95 bits per heavy atom. The van der Waals surface area contributed by atoms with Gasteiger partial charge >= 0.3 is 0 Å². The second kappa shape index (κ2) is 6.89. The van der Waals surface area contributed by atoms with Gasteiger partial charge in [0.2, 0.25) is 11.8 Å². The van der Waals surface area contributed by atoms with Gasteiger partial charge in [-0.05, 0) is 25.9 Å². The summed E-state index contributed by atoms with van der Waals surface area (Å²) in [4.78, 5) is 25.7. The SMILES string of the molecule is CCN1CCC[C@@H]1CNC(=O)CNC(=O)C(C)(C)C. The molecule has 19 heavy (non-hydrogen) atoms. The summed E-state index contributed by atoms with van der Waals surface area (Å²) in [6, 6.07) is 0.451. The van der Waals surface area contributed by atoms with E-state index in [4.69, 9.17) is 0 Å². The van der Waals surface area contributed by atoms with Crippen LogP contribution in [0.3, 0.4) is 0 Å². The van der Waals surface area contributed by atoms with Crippen LogP contribution in [0.5, 0.6) is 0 Å². The third kappa shape index (κ3) is 5.19. The molecule has 1 saturated heterocycles. The Morgan fingerprint density at radius 3 is 2.53 bits per heavy atom. The van der Waals surface area contributed by atoms with Gasteiger partial charge in [-0.2, -0.15) is 0 Å². The fourth-order valence-electron chi connectivity index (χ4n) is 2.26. The first kappa shape index (κ1) is 16.0. The van der Waals surface area contributed by atoms with Crippen LogP contribution in [0.1, 0.15) is 40.5 Å². The summed E-state index contributed by atoms with van der Waals surface area (Å²) in [5.41, 5.74) is -0.454. The molecule has 110 valence electrons. The van der Waals surface area contributed by atoms with Gasteiger partial charge in [-0.1, -0.05) is 27.7 Å². The number of carbonyl (C=O) groups excluding carboxylic acids is 2. The van der Waals surface area contributed by atoms with E-state index >= 15 is 0 Å². The zero-order chi connectivity index (χ0) is 14.5. The number of nitrogens with zero attached hydrogens (tertiary/aromatic N) is 1. The fourth-order valence-corrected chi connectivity index (χ4v) is 2.26. The predicted molar refractivity (Wildman–Crippen MR) is 75.7 cm³/mol. The zero-order valence-corrected chi connectivity index (χ0v) is 12.6. The van der Waals surface area contributed by atoms with Gasteiger partial charge in [0, 0.05) is 18.0 Å². The van der Waals surface area contributed by atoms with Crippen LogP contribution in [0.25, 0.3) is 0 Å². The highest BCUT2D eigenvalue weighted by molar-refractivity contribution is 5.87. The molecule has 0 spiro atoms. The number of likely N-dealkylation sites (tertiary alicyclic amines) is 1. The summed E-state index contributed by atoms with van der Waals surface area (Å²) in [6.45, 7) is 10.5. The number of hydrogen-bond donors (Lipinski definition) is 2.